The zero-order valence-corrected chi connectivity index (χ0v) is 13.1. The van der Waals surface area contributed by atoms with Crippen molar-refractivity contribution >= 4 is 23.2 Å². The van der Waals surface area contributed by atoms with Crippen molar-refractivity contribution in [1.29, 1.82) is 0 Å². The van der Waals surface area contributed by atoms with Crippen molar-refractivity contribution in [3.05, 3.63) is 63.9 Å². The molecule has 5 heteroatoms. The lowest BCUT2D eigenvalue weighted by Gasteiger charge is -2.36. The van der Waals surface area contributed by atoms with Gasteiger partial charge < -0.3 is 5.32 Å². The van der Waals surface area contributed by atoms with E-state index in [-0.39, 0.29) is 0 Å². The summed E-state index contributed by atoms with van der Waals surface area (Å²) < 4.78 is 0. The van der Waals surface area contributed by atoms with Crippen LogP contribution in [-0.4, -0.2) is 29.5 Å². The summed E-state index contributed by atoms with van der Waals surface area (Å²) in [6.45, 7) is 3.72. The predicted octanol–water partition coefficient (Wildman–Crippen LogP) is 3.53. The Morgan fingerprint density at radius 2 is 2.19 bits per heavy atom. The number of hydrogen-bond donors (Lipinski definition) is 1. The molecule has 2 heterocycles. The summed E-state index contributed by atoms with van der Waals surface area (Å²) in [5.41, 5.74) is 2.34. The lowest BCUT2D eigenvalue weighted by Crippen LogP contribution is -2.45. The molecule has 0 bridgehead atoms. The maximum atomic E-state index is 6.30. The molecule has 1 fully saturated rings. The molecule has 2 aromatic rings. The maximum absolute atomic E-state index is 6.30. The van der Waals surface area contributed by atoms with Crippen LogP contribution in [0.15, 0.2) is 42.7 Å². The van der Waals surface area contributed by atoms with E-state index in [1.807, 2.05) is 24.4 Å². The minimum absolute atomic E-state index is 0.319. The van der Waals surface area contributed by atoms with Crippen LogP contribution in [0.5, 0.6) is 0 Å². The van der Waals surface area contributed by atoms with Gasteiger partial charge in [-0.25, -0.2) is 0 Å². The molecule has 1 N–H and O–H groups in total. The molecule has 21 heavy (non-hydrogen) atoms. The van der Waals surface area contributed by atoms with Gasteiger partial charge in [0.25, 0.3) is 0 Å². The lowest BCUT2D eigenvalue weighted by molar-refractivity contribution is 0.153. The Morgan fingerprint density at radius 1 is 1.29 bits per heavy atom. The molecule has 3 nitrogen and oxygen atoms in total. The van der Waals surface area contributed by atoms with E-state index in [2.05, 4.69) is 21.3 Å². The van der Waals surface area contributed by atoms with Gasteiger partial charge in [-0.15, -0.1) is 0 Å². The first-order chi connectivity index (χ1) is 10.2. The summed E-state index contributed by atoms with van der Waals surface area (Å²) in [7, 11) is 0. The minimum Gasteiger partial charge on any atom is -0.314 e. The second-order valence-corrected chi connectivity index (χ2v) is 6.06. The number of benzene rings is 1. The predicted molar refractivity (Wildman–Crippen MR) is 86.7 cm³/mol. The normalized spacial score (nSPS) is 19.6. The highest BCUT2D eigenvalue weighted by Crippen LogP contribution is 2.27. The molecule has 3 rings (SSSR count). The fourth-order valence-electron chi connectivity index (χ4n) is 2.71. The Kier molecular flexibility index (Phi) is 4.76. The molecule has 1 saturated heterocycles. The Labute approximate surface area is 134 Å². The van der Waals surface area contributed by atoms with Crippen molar-refractivity contribution in [3.8, 4) is 0 Å². The smallest absolute Gasteiger partial charge is 0.0492 e. The third-order valence-corrected chi connectivity index (χ3v) is 4.40. The summed E-state index contributed by atoms with van der Waals surface area (Å²) in [4.78, 5) is 6.67. The second-order valence-electron chi connectivity index (χ2n) is 5.21. The zero-order chi connectivity index (χ0) is 14.7. The minimum atomic E-state index is 0.319. The van der Waals surface area contributed by atoms with Crippen molar-refractivity contribution in [1.82, 2.24) is 15.2 Å². The summed E-state index contributed by atoms with van der Waals surface area (Å²) in [6, 6.07) is 10.1. The topological polar surface area (TPSA) is 28.2 Å². The second kappa shape index (κ2) is 6.75. The van der Waals surface area contributed by atoms with E-state index in [0.717, 1.165) is 36.8 Å². The molecule has 0 radical (unpaired) electrons. The standard InChI is InChI=1S/C16H17Cl2N3/c17-14-4-3-13(15(18)8-14)11-21-7-6-20-10-16(21)12-2-1-5-19-9-12/h1-5,8-9,16,20H,6-7,10-11H2. The molecule has 1 aromatic carbocycles. The number of rotatable bonds is 3. The number of aromatic nitrogens is 1. The van der Waals surface area contributed by atoms with Gasteiger partial charge in [-0.05, 0) is 29.3 Å². The molecule has 1 aliphatic heterocycles. The highest BCUT2D eigenvalue weighted by atomic mass is 35.5. The van der Waals surface area contributed by atoms with Gasteiger partial charge in [-0.1, -0.05) is 35.3 Å². The summed E-state index contributed by atoms with van der Waals surface area (Å²) in [5, 5.41) is 4.85. The summed E-state index contributed by atoms with van der Waals surface area (Å²) >= 11 is 12.3. The van der Waals surface area contributed by atoms with Crippen LogP contribution in [0.25, 0.3) is 0 Å². The Bertz CT molecular complexity index is 604. The maximum Gasteiger partial charge on any atom is 0.0492 e. The van der Waals surface area contributed by atoms with Crippen LogP contribution < -0.4 is 5.32 Å². The molecule has 1 aliphatic rings. The van der Waals surface area contributed by atoms with E-state index in [0.29, 0.717) is 11.1 Å². The van der Waals surface area contributed by atoms with Crippen molar-refractivity contribution in [2.75, 3.05) is 19.6 Å². The van der Waals surface area contributed by atoms with E-state index in [1.165, 1.54) is 5.56 Å². The van der Waals surface area contributed by atoms with E-state index >= 15 is 0 Å². The van der Waals surface area contributed by atoms with Crippen LogP contribution in [0.1, 0.15) is 17.2 Å². The van der Waals surface area contributed by atoms with E-state index in [4.69, 9.17) is 23.2 Å². The molecule has 0 aliphatic carbocycles. The van der Waals surface area contributed by atoms with Crippen LogP contribution >= 0.6 is 23.2 Å². The van der Waals surface area contributed by atoms with E-state index < -0.39 is 0 Å². The van der Waals surface area contributed by atoms with Crippen molar-refractivity contribution < 1.29 is 0 Å². The molecule has 110 valence electrons. The monoisotopic (exact) mass is 321 g/mol. The van der Waals surface area contributed by atoms with Crippen LogP contribution in [0, 0.1) is 0 Å². The highest BCUT2D eigenvalue weighted by Gasteiger charge is 2.24. The number of nitrogens with zero attached hydrogens (tertiary/aromatic N) is 2. The average Bonchev–Trinajstić information content (AvgIpc) is 2.51. The number of halogens is 2. The van der Waals surface area contributed by atoms with Crippen molar-refractivity contribution in [2.24, 2.45) is 0 Å². The first kappa shape index (κ1) is 14.8. The van der Waals surface area contributed by atoms with Gasteiger partial charge >= 0.3 is 0 Å². The molecule has 0 saturated carbocycles. The van der Waals surface area contributed by atoms with Gasteiger partial charge in [0, 0.05) is 54.7 Å². The molecular formula is C16H17Cl2N3. The molecule has 1 unspecified atom stereocenters. The van der Waals surface area contributed by atoms with Crippen molar-refractivity contribution in [3.63, 3.8) is 0 Å². The number of piperazine rings is 1. The van der Waals surface area contributed by atoms with E-state index in [9.17, 15) is 0 Å². The Balaban J connectivity index is 1.81. The summed E-state index contributed by atoms with van der Waals surface area (Å²) in [6.07, 6.45) is 3.74. The summed E-state index contributed by atoms with van der Waals surface area (Å²) in [5.74, 6) is 0. The zero-order valence-electron chi connectivity index (χ0n) is 11.6. The average molecular weight is 322 g/mol. The highest BCUT2D eigenvalue weighted by molar-refractivity contribution is 6.35. The van der Waals surface area contributed by atoms with Gasteiger partial charge in [-0.3, -0.25) is 9.88 Å². The molecule has 1 aromatic heterocycles. The van der Waals surface area contributed by atoms with Gasteiger partial charge in [0.15, 0.2) is 0 Å². The third kappa shape index (κ3) is 3.55. The fraction of sp³-hybridized carbons (Fsp3) is 0.312. The lowest BCUT2D eigenvalue weighted by atomic mass is 10.0. The molecule has 0 amide bonds. The van der Waals surface area contributed by atoms with Crippen LogP contribution in [-0.2, 0) is 6.54 Å². The van der Waals surface area contributed by atoms with Crippen LogP contribution in [0.4, 0.5) is 0 Å². The largest absolute Gasteiger partial charge is 0.314 e. The van der Waals surface area contributed by atoms with Gasteiger partial charge in [0.1, 0.15) is 0 Å². The van der Waals surface area contributed by atoms with E-state index in [1.54, 1.807) is 12.3 Å². The Hall–Kier alpha value is -1.13. The fourth-order valence-corrected chi connectivity index (χ4v) is 3.17. The first-order valence-electron chi connectivity index (χ1n) is 7.02. The molecular weight excluding hydrogens is 305 g/mol. The van der Waals surface area contributed by atoms with Gasteiger partial charge in [0.2, 0.25) is 0 Å². The Morgan fingerprint density at radius 3 is 2.95 bits per heavy atom. The van der Waals surface area contributed by atoms with Gasteiger partial charge in [0.05, 0.1) is 0 Å². The third-order valence-electron chi connectivity index (χ3n) is 3.81. The van der Waals surface area contributed by atoms with Crippen LogP contribution in [0.3, 0.4) is 0 Å². The SMILES string of the molecule is Clc1ccc(CN2CCNCC2c2cccnc2)c(Cl)c1. The quantitative estimate of drug-likeness (QED) is 0.937. The van der Waals surface area contributed by atoms with Gasteiger partial charge in [-0.2, -0.15) is 0 Å². The van der Waals surface area contributed by atoms with Crippen molar-refractivity contribution in [2.45, 2.75) is 12.6 Å². The van der Waals surface area contributed by atoms with Crippen LogP contribution in [0.2, 0.25) is 10.0 Å². The molecule has 1 atom stereocenters. The molecule has 0 spiro atoms. The first-order valence-corrected chi connectivity index (χ1v) is 7.78. The number of nitrogens with one attached hydrogen (secondary N) is 1. The number of pyridine rings is 1. The number of hydrogen-bond acceptors (Lipinski definition) is 3.